The van der Waals surface area contributed by atoms with Crippen LogP contribution in [0.3, 0.4) is 0 Å². The molecule has 0 amide bonds. The summed E-state index contributed by atoms with van der Waals surface area (Å²) in [5.41, 5.74) is 8.32. The van der Waals surface area contributed by atoms with Crippen molar-refractivity contribution < 1.29 is 0 Å². The van der Waals surface area contributed by atoms with Crippen LogP contribution in [-0.2, 0) is 0 Å². The molecule has 0 fully saturated rings. The number of para-hydroxylation sites is 1. The van der Waals surface area contributed by atoms with Gasteiger partial charge in [-0.15, -0.1) is 0 Å². The van der Waals surface area contributed by atoms with Crippen LogP contribution in [0.25, 0.3) is 52.3 Å². The molecule has 0 radical (unpaired) electrons. The Morgan fingerprint density at radius 1 is 0.357 bits per heavy atom. The van der Waals surface area contributed by atoms with Crippen molar-refractivity contribution in [2.75, 3.05) is 4.90 Å². The summed E-state index contributed by atoms with van der Waals surface area (Å²) in [4.78, 5) is 2.41. The number of benzene rings is 7. The average molecular weight is 601 g/mol. The zero-order chi connectivity index (χ0) is 27.9. The van der Waals surface area contributed by atoms with E-state index in [2.05, 4.69) is 169 Å². The third-order valence-electron chi connectivity index (χ3n) is 8.01. The number of rotatable bonds is 5. The van der Waals surface area contributed by atoms with E-state index in [4.69, 9.17) is 0 Å². The second-order valence-corrected chi connectivity index (χ2v) is 12.8. The van der Waals surface area contributed by atoms with Gasteiger partial charge in [0.05, 0.1) is 0 Å². The Hall–Kier alpha value is -4.88. The molecule has 42 heavy (non-hydrogen) atoms. The fourth-order valence-corrected chi connectivity index (χ4v) is 8.66. The molecule has 198 valence electrons. The van der Waals surface area contributed by atoms with E-state index in [1.807, 2.05) is 0 Å². The zero-order valence-corrected chi connectivity index (χ0v) is 24.7. The predicted molar refractivity (Wildman–Crippen MR) is 181 cm³/mol. The monoisotopic (exact) mass is 601 g/mol. The first-order valence-electron chi connectivity index (χ1n) is 14.3. The molecular weight excluding hydrogens is 573 g/mol. The van der Waals surface area contributed by atoms with E-state index in [9.17, 15) is 0 Å². The van der Waals surface area contributed by atoms with E-state index in [0.717, 1.165) is 11.4 Å². The van der Waals surface area contributed by atoms with Crippen molar-refractivity contribution in [1.29, 1.82) is 0 Å². The molecular formula is C40H27NSe. The Labute approximate surface area is 251 Å². The fourth-order valence-electron chi connectivity index (χ4n) is 5.99. The van der Waals surface area contributed by atoms with E-state index >= 15 is 0 Å². The van der Waals surface area contributed by atoms with Crippen LogP contribution >= 0.6 is 0 Å². The number of nitrogens with zero attached hydrogens (tertiary/aromatic N) is 1. The van der Waals surface area contributed by atoms with Crippen LogP contribution in [0.15, 0.2) is 164 Å². The summed E-state index contributed by atoms with van der Waals surface area (Å²) in [7, 11) is 0. The number of fused-ring (bicyclic) bond motifs is 5. The molecule has 8 rings (SSSR count). The first-order chi connectivity index (χ1) is 20.8. The minimum absolute atomic E-state index is 0.241. The molecule has 0 aliphatic rings. The van der Waals surface area contributed by atoms with Gasteiger partial charge in [0.1, 0.15) is 0 Å². The molecule has 0 saturated carbocycles. The fraction of sp³-hybridized carbons (Fsp3) is 0. The van der Waals surface area contributed by atoms with E-state index < -0.39 is 0 Å². The van der Waals surface area contributed by atoms with E-state index in [0.29, 0.717) is 0 Å². The van der Waals surface area contributed by atoms with Crippen molar-refractivity contribution >= 4 is 61.6 Å². The molecule has 0 unspecified atom stereocenters. The predicted octanol–water partition coefficient (Wildman–Crippen LogP) is 11.0. The first kappa shape index (κ1) is 24.9. The van der Waals surface area contributed by atoms with Gasteiger partial charge in [-0.2, -0.15) is 0 Å². The Morgan fingerprint density at radius 3 is 1.64 bits per heavy atom. The molecule has 0 N–H and O–H groups in total. The van der Waals surface area contributed by atoms with Gasteiger partial charge in [-0.1, -0.05) is 0 Å². The van der Waals surface area contributed by atoms with Gasteiger partial charge in [0.2, 0.25) is 0 Å². The molecule has 0 atom stereocenters. The van der Waals surface area contributed by atoms with Gasteiger partial charge in [0.25, 0.3) is 0 Å². The average Bonchev–Trinajstić information content (AvgIpc) is 3.45. The van der Waals surface area contributed by atoms with Crippen molar-refractivity contribution in [3.63, 3.8) is 0 Å². The first-order valence-corrected chi connectivity index (χ1v) is 16.0. The van der Waals surface area contributed by atoms with Crippen LogP contribution in [0.1, 0.15) is 0 Å². The third kappa shape index (κ3) is 4.43. The topological polar surface area (TPSA) is 3.24 Å². The van der Waals surface area contributed by atoms with Crippen molar-refractivity contribution in [3.8, 4) is 22.3 Å². The van der Waals surface area contributed by atoms with Crippen LogP contribution in [-0.4, -0.2) is 14.5 Å². The summed E-state index contributed by atoms with van der Waals surface area (Å²) in [5, 5.41) is 5.47. The van der Waals surface area contributed by atoms with Gasteiger partial charge in [0.15, 0.2) is 0 Å². The maximum atomic E-state index is 2.43. The second-order valence-electron chi connectivity index (χ2n) is 10.6. The minimum atomic E-state index is 0.241. The van der Waals surface area contributed by atoms with E-state index in [1.54, 1.807) is 0 Å². The standard InChI is InChI=1S/C40H27NSe/c1-4-12-28(13-5-1)31-24-32(29-14-6-2-7-15-29)26-35(25-31)41(33-17-8-3-9-18-33)34-21-23-37-38-22-20-30-16-10-11-19-36(30)40(38)42-39(37)27-34/h1-27H. The molecule has 1 aromatic heterocycles. The summed E-state index contributed by atoms with van der Waals surface area (Å²) in [6.45, 7) is 0. The molecule has 0 aliphatic heterocycles. The Morgan fingerprint density at radius 2 is 0.952 bits per heavy atom. The quantitative estimate of drug-likeness (QED) is 0.178. The molecule has 0 aliphatic carbocycles. The van der Waals surface area contributed by atoms with E-state index in [-0.39, 0.29) is 14.5 Å². The molecule has 0 bridgehead atoms. The Balaban J connectivity index is 1.36. The summed E-state index contributed by atoms with van der Waals surface area (Å²) in [6.07, 6.45) is 0. The summed E-state index contributed by atoms with van der Waals surface area (Å²) in [5.74, 6) is 0. The van der Waals surface area contributed by atoms with Crippen molar-refractivity contribution in [2.45, 2.75) is 0 Å². The Bertz CT molecular complexity index is 2120. The summed E-state index contributed by atoms with van der Waals surface area (Å²) in [6, 6.07) is 59.5. The van der Waals surface area contributed by atoms with Crippen molar-refractivity contribution in [1.82, 2.24) is 0 Å². The molecule has 1 heterocycles. The second kappa shape index (κ2) is 10.5. The molecule has 0 saturated heterocycles. The van der Waals surface area contributed by atoms with Crippen molar-refractivity contribution in [2.24, 2.45) is 0 Å². The van der Waals surface area contributed by atoms with Crippen LogP contribution in [0.2, 0.25) is 0 Å². The molecule has 2 heteroatoms. The number of hydrogen-bond acceptors (Lipinski definition) is 1. The van der Waals surface area contributed by atoms with E-state index in [1.165, 1.54) is 58.0 Å². The van der Waals surface area contributed by atoms with Gasteiger partial charge >= 0.3 is 253 Å². The number of hydrogen-bond donors (Lipinski definition) is 0. The third-order valence-corrected chi connectivity index (χ3v) is 10.5. The van der Waals surface area contributed by atoms with Gasteiger partial charge < -0.3 is 0 Å². The van der Waals surface area contributed by atoms with Gasteiger partial charge in [-0.3, -0.25) is 0 Å². The molecule has 7 aromatic carbocycles. The SMILES string of the molecule is c1ccc(-c2cc(-c3ccccc3)cc(N(c3ccccc3)c3ccc4c(c3)[se]c3c5ccccc5ccc43)c2)cc1. The van der Waals surface area contributed by atoms with Crippen molar-refractivity contribution in [3.05, 3.63) is 164 Å². The van der Waals surface area contributed by atoms with Gasteiger partial charge in [-0.25, -0.2) is 0 Å². The maximum absolute atomic E-state index is 2.43. The molecule has 1 nitrogen and oxygen atoms in total. The molecule has 8 aromatic rings. The zero-order valence-electron chi connectivity index (χ0n) is 22.9. The summed E-state index contributed by atoms with van der Waals surface area (Å²) < 4.78 is 2.94. The van der Waals surface area contributed by atoms with Gasteiger partial charge in [0, 0.05) is 0 Å². The van der Waals surface area contributed by atoms with Crippen LogP contribution in [0.5, 0.6) is 0 Å². The normalized spacial score (nSPS) is 11.3. The summed E-state index contributed by atoms with van der Waals surface area (Å²) >= 11 is 0.241. The van der Waals surface area contributed by atoms with Crippen LogP contribution in [0.4, 0.5) is 17.1 Å². The Kier molecular flexibility index (Phi) is 6.22. The molecule has 0 spiro atoms. The van der Waals surface area contributed by atoms with Crippen LogP contribution < -0.4 is 4.90 Å². The van der Waals surface area contributed by atoms with Crippen LogP contribution in [0, 0.1) is 0 Å². The number of anilines is 3. The van der Waals surface area contributed by atoms with Gasteiger partial charge in [-0.05, 0) is 0 Å².